The Kier molecular flexibility index (Phi) is 6.58. The van der Waals surface area contributed by atoms with Crippen LogP contribution in [-0.4, -0.2) is 28.0 Å². The third-order valence-electron chi connectivity index (χ3n) is 5.51. The highest BCUT2D eigenvalue weighted by atomic mass is 35.5. The van der Waals surface area contributed by atoms with E-state index in [1.165, 1.54) is 41.7 Å². The Morgan fingerprint density at radius 1 is 1.15 bits per heavy atom. The van der Waals surface area contributed by atoms with Gasteiger partial charge in [-0.05, 0) is 60.4 Å². The number of nitrogens with one attached hydrogen (secondary N) is 1. The van der Waals surface area contributed by atoms with Crippen molar-refractivity contribution in [1.29, 1.82) is 0 Å². The van der Waals surface area contributed by atoms with Gasteiger partial charge in [-0.2, -0.15) is 0 Å². The van der Waals surface area contributed by atoms with Gasteiger partial charge in [-0.25, -0.2) is 12.8 Å². The van der Waals surface area contributed by atoms with Gasteiger partial charge < -0.3 is 10.1 Å². The monoisotopic (exact) mass is 488 g/mol. The van der Waals surface area contributed by atoms with E-state index in [0.717, 1.165) is 12.0 Å². The molecule has 1 N–H and O–H groups in total. The number of rotatable bonds is 6. The van der Waals surface area contributed by atoms with Crippen LogP contribution in [0.15, 0.2) is 65.6 Å². The fourth-order valence-electron chi connectivity index (χ4n) is 3.81. The molecular weight excluding hydrogens is 467 g/mol. The van der Waals surface area contributed by atoms with Crippen molar-refractivity contribution < 1.29 is 22.3 Å². The first-order chi connectivity index (χ1) is 15.8. The molecule has 0 aromatic heterocycles. The van der Waals surface area contributed by atoms with E-state index in [1.54, 1.807) is 18.2 Å². The number of nitrogens with zero attached hydrogens (tertiary/aromatic N) is 1. The van der Waals surface area contributed by atoms with Gasteiger partial charge in [0.2, 0.25) is 0 Å². The van der Waals surface area contributed by atoms with Crippen molar-refractivity contribution in [3.05, 3.63) is 88.2 Å². The molecular formula is C24H22ClFN2O4S. The number of hydrogen-bond donors (Lipinski definition) is 1. The molecule has 3 aromatic carbocycles. The number of methoxy groups -OCH3 is 1. The molecule has 33 heavy (non-hydrogen) atoms. The summed E-state index contributed by atoms with van der Waals surface area (Å²) < 4.78 is 47.0. The van der Waals surface area contributed by atoms with Gasteiger partial charge in [0, 0.05) is 13.1 Å². The maximum atomic E-state index is 13.9. The van der Waals surface area contributed by atoms with Crippen molar-refractivity contribution in [2.45, 2.75) is 24.3 Å². The number of carbonyl (C=O) groups is 1. The van der Waals surface area contributed by atoms with Crippen LogP contribution < -0.4 is 14.4 Å². The smallest absolute Gasteiger partial charge is 0.264 e. The summed E-state index contributed by atoms with van der Waals surface area (Å²) in [6.45, 7) is 0.388. The van der Waals surface area contributed by atoms with Gasteiger partial charge in [-0.3, -0.25) is 9.10 Å². The molecule has 9 heteroatoms. The largest absolute Gasteiger partial charge is 0.494 e. The zero-order valence-corrected chi connectivity index (χ0v) is 19.4. The number of ether oxygens (including phenoxy) is 1. The Morgan fingerprint density at radius 2 is 1.94 bits per heavy atom. The molecule has 0 unspecified atom stereocenters. The zero-order chi connectivity index (χ0) is 23.6. The summed E-state index contributed by atoms with van der Waals surface area (Å²) in [6, 6.07) is 15.8. The first-order valence-electron chi connectivity index (χ1n) is 10.3. The summed E-state index contributed by atoms with van der Waals surface area (Å²) in [5, 5.41) is 2.77. The zero-order valence-electron chi connectivity index (χ0n) is 17.8. The van der Waals surface area contributed by atoms with Gasteiger partial charge in [0.05, 0.1) is 28.3 Å². The van der Waals surface area contributed by atoms with Crippen LogP contribution in [0.5, 0.6) is 5.75 Å². The Hall–Kier alpha value is -3.10. The average molecular weight is 489 g/mol. The van der Waals surface area contributed by atoms with Gasteiger partial charge in [0.15, 0.2) is 11.6 Å². The molecule has 3 aromatic rings. The number of hydrogen-bond acceptors (Lipinski definition) is 4. The molecule has 1 aliphatic rings. The summed E-state index contributed by atoms with van der Waals surface area (Å²) in [5.41, 5.74) is 2.15. The highest BCUT2D eigenvalue weighted by Crippen LogP contribution is 2.32. The van der Waals surface area contributed by atoms with Gasteiger partial charge in [-0.1, -0.05) is 35.9 Å². The lowest BCUT2D eigenvalue weighted by Gasteiger charge is -2.30. The summed E-state index contributed by atoms with van der Waals surface area (Å²) in [6.07, 6.45) is 1.51. The lowest BCUT2D eigenvalue weighted by molar-refractivity contribution is 0.0950. The number of para-hydroxylation sites is 1. The molecule has 0 bridgehead atoms. The summed E-state index contributed by atoms with van der Waals surface area (Å²) >= 11 is 6.21. The van der Waals surface area contributed by atoms with Crippen molar-refractivity contribution in [1.82, 2.24) is 5.32 Å². The first kappa shape index (κ1) is 23.1. The van der Waals surface area contributed by atoms with Gasteiger partial charge in [0.25, 0.3) is 15.9 Å². The van der Waals surface area contributed by atoms with Crippen LogP contribution in [0, 0.1) is 5.82 Å². The van der Waals surface area contributed by atoms with E-state index >= 15 is 0 Å². The van der Waals surface area contributed by atoms with E-state index < -0.39 is 21.7 Å². The molecule has 1 heterocycles. The lowest BCUT2D eigenvalue weighted by atomic mass is 10.0. The molecule has 4 rings (SSSR count). The van der Waals surface area contributed by atoms with Crippen LogP contribution in [0.2, 0.25) is 5.02 Å². The predicted octanol–water partition coefficient (Wildman–Crippen LogP) is 4.56. The van der Waals surface area contributed by atoms with E-state index in [0.29, 0.717) is 24.2 Å². The maximum Gasteiger partial charge on any atom is 0.264 e. The minimum Gasteiger partial charge on any atom is -0.494 e. The van der Waals surface area contributed by atoms with Crippen LogP contribution in [-0.2, 0) is 23.0 Å². The lowest BCUT2D eigenvalue weighted by Crippen LogP contribution is -2.35. The Labute approximate surface area is 197 Å². The van der Waals surface area contributed by atoms with E-state index in [4.69, 9.17) is 16.3 Å². The molecule has 1 aliphatic heterocycles. The number of anilines is 1. The van der Waals surface area contributed by atoms with Crippen molar-refractivity contribution >= 4 is 33.2 Å². The topological polar surface area (TPSA) is 75.7 Å². The van der Waals surface area contributed by atoms with Crippen molar-refractivity contribution in [2.75, 3.05) is 18.0 Å². The highest BCUT2D eigenvalue weighted by molar-refractivity contribution is 7.92. The number of benzene rings is 3. The quantitative estimate of drug-likeness (QED) is 0.552. The molecule has 0 atom stereocenters. The fourth-order valence-corrected chi connectivity index (χ4v) is 5.58. The standard InChI is InChI=1S/C24H22ClFN2O4S/c1-32-23-11-8-16(13-21(23)26)15-27-24(29)19-14-18(9-10-20(19)25)33(30,31)28-12-4-6-17-5-2-3-7-22(17)28/h2-3,5,7-11,13-14H,4,6,12,15H2,1H3,(H,27,29). The van der Waals surface area contributed by atoms with E-state index in [9.17, 15) is 17.6 Å². The Balaban J connectivity index is 1.58. The van der Waals surface area contributed by atoms with E-state index in [2.05, 4.69) is 5.32 Å². The van der Waals surface area contributed by atoms with Crippen molar-refractivity contribution in [3.63, 3.8) is 0 Å². The van der Waals surface area contributed by atoms with Crippen LogP contribution in [0.1, 0.15) is 27.9 Å². The fraction of sp³-hybridized carbons (Fsp3) is 0.208. The molecule has 0 aliphatic carbocycles. The Bertz CT molecular complexity index is 1310. The van der Waals surface area contributed by atoms with Crippen LogP contribution in [0.4, 0.5) is 10.1 Å². The third-order valence-corrected chi connectivity index (χ3v) is 7.65. The van der Waals surface area contributed by atoms with E-state index in [-0.39, 0.29) is 27.8 Å². The second kappa shape index (κ2) is 9.41. The van der Waals surface area contributed by atoms with Crippen molar-refractivity contribution in [3.8, 4) is 5.75 Å². The second-order valence-corrected chi connectivity index (χ2v) is 9.87. The first-order valence-corrected chi connectivity index (χ1v) is 12.1. The molecule has 1 amide bonds. The molecule has 6 nitrogen and oxygen atoms in total. The van der Waals surface area contributed by atoms with Gasteiger partial charge in [-0.15, -0.1) is 0 Å². The summed E-state index contributed by atoms with van der Waals surface area (Å²) in [5.74, 6) is -1.00. The molecule has 0 radical (unpaired) electrons. The molecule has 0 fully saturated rings. The van der Waals surface area contributed by atoms with E-state index in [1.807, 2.05) is 12.1 Å². The van der Waals surface area contributed by atoms with Gasteiger partial charge >= 0.3 is 0 Å². The molecule has 0 saturated carbocycles. The number of fused-ring (bicyclic) bond motifs is 1. The number of sulfonamides is 1. The van der Waals surface area contributed by atoms with Crippen molar-refractivity contribution in [2.24, 2.45) is 0 Å². The minimum absolute atomic E-state index is 0.0238. The molecule has 0 spiro atoms. The SMILES string of the molecule is COc1ccc(CNC(=O)c2cc(S(=O)(=O)N3CCCc4ccccc43)ccc2Cl)cc1F. The van der Waals surface area contributed by atoms with Crippen LogP contribution in [0.3, 0.4) is 0 Å². The predicted molar refractivity (Wildman–Crippen MR) is 125 cm³/mol. The highest BCUT2D eigenvalue weighted by Gasteiger charge is 2.30. The molecule has 172 valence electrons. The van der Waals surface area contributed by atoms with Gasteiger partial charge in [0.1, 0.15) is 0 Å². The average Bonchev–Trinajstić information content (AvgIpc) is 2.82. The normalized spacial score (nSPS) is 13.4. The maximum absolute atomic E-state index is 13.9. The van der Waals surface area contributed by atoms with Crippen LogP contribution >= 0.6 is 11.6 Å². The summed E-state index contributed by atoms with van der Waals surface area (Å²) in [4.78, 5) is 12.8. The minimum atomic E-state index is -3.90. The molecule has 0 saturated heterocycles. The third kappa shape index (κ3) is 4.67. The number of amides is 1. The number of carbonyl (C=O) groups excluding carboxylic acids is 1. The summed E-state index contributed by atoms with van der Waals surface area (Å²) in [7, 11) is -2.53. The Morgan fingerprint density at radius 3 is 2.70 bits per heavy atom. The van der Waals surface area contributed by atoms with Crippen LogP contribution in [0.25, 0.3) is 0 Å². The second-order valence-electron chi connectivity index (χ2n) is 7.60. The number of aryl methyl sites for hydroxylation is 1. The number of halogens is 2.